The first-order valence-electron chi connectivity index (χ1n) is 7.76. The first-order valence-corrected chi connectivity index (χ1v) is 8.99. The van der Waals surface area contributed by atoms with Crippen LogP contribution in [0.25, 0.3) is 0 Å². The normalized spacial score (nSPS) is 24.5. The Balaban J connectivity index is 1.54. The third-order valence-corrected chi connectivity index (χ3v) is 5.57. The second-order valence-electron chi connectivity index (χ2n) is 6.36. The number of carbonyl (C=O) groups excluding carboxylic acids is 1. The highest BCUT2D eigenvalue weighted by atomic mass is 32.2. The summed E-state index contributed by atoms with van der Waals surface area (Å²) >= 11 is 1.74. The summed E-state index contributed by atoms with van der Waals surface area (Å²) in [5, 5.41) is 0. The number of carbonyl (C=O) groups is 1. The number of fused-ring (bicyclic) bond motifs is 2. The van der Waals surface area contributed by atoms with Gasteiger partial charge in [0.15, 0.2) is 0 Å². The number of thioether (sulfide) groups is 1. The lowest BCUT2D eigenvalue weighted by Crippen LogP contribution is -2.41. The molecule has 3 rings (SSSR count). The Morgan fingerprint density at radius 1 is 1.43 bits per heavy atom. The van der Waals surface area contributed by atoms with Gasteiger partial charge in [0.05, 0.1) is 6.54 Å². The summed E-state index contributed by atoms with van der Waals surface area (Å²) in [4.78, 5) is 17.9. The molecular formula is C17H24N2OS. The fourth-order valence-electron chi connectivity index (χ4n) is 3.65. The molecule has 0 aromatic heterocycles. The van der Waals surface area contributed by atoms with Crippen LogP contribution in [0.4, 0.5) is 0 Å². The molecule has 3 nitrogen and oxygen atoms in total. The average Bonchev–Trinajstić information content (AvgIpc) is 3.10. The second-order valence-corrected chi connectivity index (χ2v) is 7.24. The van der Waals surface area contributed by atoms with Crippen LogP contribution >= 0.6 is 11.8 Å². The zero-order valence-electron chi connectivity index (χ0n) is 12.9. The van der Waals surface area contributed by atoms with Gasteiger partial charge in [0, 0.05) is 31.1 Å². The van der Waals surface area contributed by atoms with E-state index in [0.717, 1.165) is 12.5 Å². The van der Waals surface area contributed by atoms with Gasteiger partial charge in [-0.3, -0.25) is 9.69 Å². The molecule has 0 N–H and O–H groups in total. The maximum absolute atomic E-state index is 12.4. The van der Waals surface area contributed by atoms with Crippen LogP contribution in [0.1, 0.15) is 24.8 Å². The summed E-state index contributed by atoms with van der Waals surface area (Å²) in [5.41, 5.74) is 1.21. The predicted octanol–water partition coefficient (Wildman–Crippen LogP) is 2.85. The standard InChI is InChI=1S/C17H24N2OS/c1-18(10-13-4-3-5-16(9-13)21-2)17(20)12-19-11-14-6-7-15(19)8-14/h3-5,9,14-15H,6-8,10-12H2,1-2H3/t14-,15+/m1/s1. The highest BCUT2D eigenvalue weighted by Gasteiger charge is 2.38. The van der Waals surface area contributed by atoms with Crippen molar-refractivity contribution in [3.8, 4) is 0 Å². The Labute approximate surface area is 131 Å². The topological polar surface area (TPSA) is 23.6 Å². The van der Waals surface area contributed by atoms with Crippen molar-refractivity contribution in [2.75, 3.05) is 26.4 Å². The van der Waals surface area contributed by atoms with E-state index >= 15 is 0 Å². The quantitative estimate of drug-likeness (QED) is 0.782. The van der Waals surface area contributed by atoms with Crippen LogP contribution in [0.15, 0.2) is 29.2 Å². The Bertz CT molecular complexity index is 519. The lowest BCUT2D eigenvalue weighted by Gasteiger charge is -2.28. The number of rotatable bonds is 5. The van der Waals surface area contributed by atoms with Gasteiger partial charge >= 0.3 is 0 Å². The molecule has 1 aromatic carbocycles. The van der Waals surface area contributed by atoms with Gasteiger partial charge in [-0.2, -0.15) is 0 Å². The molecule has 2 atom stereocenters. The summed E-state index contributed by atoms with van der Waals surface area (Å²) in [5.74, 6) is 1.10. The van der Waals surface area contributed by atoms with Gasteiger partial charge in [-0.15, -0.1) is 11.8 Å². The molecule has 2 aliphatic rings. The molecule has 114 valence electrons. The van der Waals surface area contributed by atoms with Gasteiger partial charge in [0.2, 0.25) is 5.91 Å². The molecular weight excluding hydrogens is 280 g/mol. The van der Waals surface area contributed by atoms with Gasteiger partial charge < -0.3 is 4.90 Å². The Hall–Kier alpha value is -1.00. The monoisotopic (exact) mass is 304 g/mol. The van der Waals surface area contributed by atoms with Crippen LogP contribution in [-0.4, -0.2) is 48.1 Å². The Kier molecular flexibility index (Phi) is 4.55. The van der Waals surface area contributed by atoms with Crippen LogP contribution in [0.3, 0.4) is 0 Å². The number of amides is 1. The lowest BCUT2D eigenvalue weighted by molar-refractivity contribution is -0.132. The van der Waals surface area contributed by atoms with Crippen LogP contribution < -0.4 is 0 Å². The summed E-state index contributed by atoms with van der Waals surface area (Å²) in [6.07, 6.45) is 6.05. The fraction of sp³-hybridized carbons (Fsp3) is 0.588. The van der Waals surface area contributed by atoms with Crippen LogP contribution in [0, 0.1) is 5.92 Å². The molecule has 1 aromatic rings. The van der Waals surface area contributed by atoms with Crippen molar-refractivity contribution in [2.24, 2.45) is 5.92 Å². The van der Waals surface area contributed by atoms with Gasteiger partial charge in [-0.25, -0.2) is 0 Å². The highest BCUT2D eigenvalue weighted by molar-refractivity contribution is 7.98. The molecule has 2 bridgehead atoms. The molecule has 1 amide bonds. The number of likely N-dealkylation sites (tertiary alicyclic amines) is 1. The number of benzene rings is 1. The maximum Gasteiger partial charge on any atom is 0.236 e. The Morgan fingerprint density at radius 3 is 2.95 bits per heavy atom. The molecule has 1 saturated carbocycles. The number of hydrogen-bond donors (Lipinski definition) is 0. The summed E-state index contributed by atoms with van der Waals surface area (Å²) < 4.78 is 0. The van der Waals surface area contributed by atoms with Crippen LogP contribution in [0.5, 0.6) is 0 Å². The van der Waals surface area contributed by atoms with Gasteiger partial charge in [-0.05, 0) is 49.1 Å². The first-order chi connectivity index (χ1) is 10.2. The van der Waals surface area contributed by atoms with Crippen molar-refractivity contribution in [1.82, 2.24) is 9.80 Å². The molecule has 4 heteroatoms. The molecule has 1 aliphatic carbocycles. The van der Waals surface area contributed by atoms with E-state index in [1.807, 2.05) is 11.9 Å². The number of nitrogens with zero attached hydrogens (tertiary/aromatic N) is 2. The van der Waals surface area contributed by atoms with Crippen LogP contribution in [0.2, 0.25) is 0 Å². The van der Waals surface area contributed by atoms with E-state index in [9.17, 15) is 4.79 Å². The minimum absolute atomic E-state index is 0.247. The summed E-state index contributed by atoms with van der Waals surface area (Å²) in [6, 6.07) is 9.12. The fourth-order valence-corrected chi connectivity index (χ4v) is 4.13. The molecule has 2 fully saturated rings. The first kappa shape index (κ1) is 14.9. The van der Waals surface area contributed by atoms with E-state index in [1.165, 1.54) is 29.7 Å². The zero-order valence-corrected chi connectivity index (χ0v) is 13.7. The Morgan fingerprint density at radius 2 is 2.29 bits per heavy atom. The van der Waals surface area contributed by atoms with Gasteiger partial charge in [-0.1, -0.05) is 12.1 Å². The predicted molar refractivity (Wildman–Crippen MR) is 87.4 cm³/mol. The maximum atomic E-state index is 12.4. The molecule has 0 spiro atoms. The third-order valence-electron chi connectivity index (χ3n) is 4.84. The average molecular weight is 304 g/mol. The van der Waals surface area contributed by atoms with Crippen molar-refractivity contribution in [3.63, 3.8) is 0 Å². The zero-order chi connectivity index (χ0) is 14.8. The van der Waals surface area contributed by atoms with Crippen molar-refractivity contribution in [3.05, 3.63) is 29.8 Å². The molecule has 1 heterocycles. The number of hydrogen-bond acceptors (Lipinski definition) is 3. The van der Waals surface area contributed by atoms with Gasteiger partial charge in [0.25, 0.3) is 0 Å². The van der Waals surface area contributed by atoms with Crippen molar-refractivity contribution < 1.29 is 4.79 Å². The van der Waals surface area contributed by atoms with Gasteiger partial charge in [0.1, 0.15) is 0 Å². The minimum atomic E-state index is 0.247. The van der Waals surface area contributed by atoms with E-state index in [4.69, 9.17) is 0 Å². The second kappa shape index (κ2) is 6.41. The van der Waals surface area contributed by atoms with E-state index in [2.05, 4.69) is 35.4 Å². The number of likely N-dealkylation sites (N-methyl/N-ethyl adjacent to an activating group) is 1. The van der Waals surface area contributed by atoms with Crippen molar-refractivity contribution in [2.45, 2.75) is 36.7 Å². The summed E-state index contributed by atoms with van der Waals surface area (Å²) in [7, 11) is 1.92. The van der Waals surface area contributed by atoms with E-state index < -0.39 is 0 Å². The highest BCUT2D eigenvalue weighted by Crippen LogP contribution is 2.37. The van der Waals surface area contributed by atoms with E-state index in [-0.39, 0.29) is 5.91 Å². The third kappa shape index (κ3) is 3.43. The SMILES string of the molecule is CSc1cccc(CN(C)C(=O)CN2C[C@@H]3CC[C@H]2C3)c1. The van der Waals surface area contributed by atoms with E-state index in [0.29, 0.717) is 19.1 Å². The van der Waals surface area contributed by atoms with Crippen LogP contribution in [-0.2, 0) is 11.3 Å². The molecule has 0 radical (unpaired) electrons. The molecule has 21 heavy (non-hydrogen) atoms. The molecule has 1 aliphatic heterocycles. The minimum Gasteiger partial charge on any atom is -0.340 e. The summed E-state index contributed by atoms with van der Waals surface area (Å²) in [6.45, 7) is 2.43. The van der Waals surface area contributed by atoms with E-state index in [1.54, 1.807) is 11.8 Å². The van der Waals surface area contributed by atoms with Crippen molar-refractivity contribution >= 4 is 17.7 Å². The largest absolute Gasteiger partial charge is 0.340 e. The molecule has 0 unspecified atom stereocenters. The van der Waals surface area contributed by atoms with Crippen molar-refractivity contribution in [1.29, 1.82) is 0 Å². The smallest absolute Gasteiger partial charge is 0.236 e. The molecule has 1 saturated heterocycles. The lowest BCUT2D eigenvalue weighted by atomic mass is 10.1. The number of piperidine rings is 1.